The highest BCUT2D eigenvalue weighted by molar-refractivity contribution is 5.41. The zero-order valence-corrected chi connectivity index (χ0v) is 13.2. The molecule has 2 aliphatic heterocycles. The van der Waals surface area contributed by atoms with Gasteiger partial charge in [0.1, 0.15) is 0 Å². The van der Waals surface area contributed by atoms with Gasteiger partial charge in [0.05, 0.1) is 16.9 Å². The number of aryl methyl sites for hydroxylation is 2. The second kappa shape index (κ2) is 5.05. The standard InChI is InChI=1S/C16H22N6/c1-13-10-14(20(2)19-13)11-21-8-4-16(12-21)5-9-22(16)15-17-6-3-7-18-15/h3,6-7,10H,4-5,8-9,11-12H2,1-2H3/t16-/m0/s1. The van der Waals surface area contributed by atoms with Crippen molar-refractivity contribution in [1.29, 1.82) is 0 Å². The van der Waals surface area contributed by atoms with Crippen LogP contribution in [0.1, 0.15) is 24.2 Å². The zero-order chi connectivity index (χ0) is 15.2. The van der Waals surface area contributed by atoms with E-state index in [-0.39, 0.29) is 5.54 Å². The van der Waals surface area contributed by atoms with Crippen LogP contribution < -0.4 is 4.90 Å². The summed E-state index contributed by atoms with van der Waals surface area (Å²) >= 11 is 0. The minimum Gasteiger partial charge on any atom is -0.334 e. The molecule has 2 aliphatic rings. The zero-order valence-electron chi connectivity index (χ0n) is 13.2. The summed E-state index contributed by atoms with van der Waals surface area (Å²) in [5.74, 6) is 0.881. The molecule has 0 bridgehead atoms. The van der Waals surface area contributed by atoms with Gasteiger partial charge < -0.3 is 4.90 Å². The van der Waals surface area contributed by atoms with Crippen LogP contribution >= 0.6 is 0 Å². The van der Waals surface area contributed by atoms with Gasteiger partial charge in [-0.15, -0.1) is 0 Å². The lowest BCUT2D eigenvalue weighted by Crippen LogP contribution is -2.62. The van der Waals surface area contributed by atoms with Crippen molar-refractivity contribution >= 4 is 5.95 Å². The Morgan fingerprint density at radius 2 is 1.95 bits per heavy atom. The number of likely N-dealkylation sites (tertiary alicyclic amines) is 1. The van der Waals surface area contributed by atoms with E-state index >= 15 is 0 Å². The van der Waals surface area contributed by atoms with Gasteiger partial charge >= 0.3 is 0 Å². The second-order valence-electron chi connectivity index (χ2n) is 6.54. The van der Waals surface area contributed by atoms with Crippen LogP contribution in [0.2, 0.25) is 0 Å². The van der Waals surface area contributed by atoms with Crippen molar-refractivity contribution in [1.82, 2.24) is 24.6 Å². The minimum absolute atomic E-state index is 0.245. The minimum atomic E-state index is 0.245. The molecule has 0 unspecified atom stereocenters. The van der Waals surface area contributed by atoms with Crippen molar-refractivity contribution in [3.8, 4) is 0 Å². The maximum absolute atomic E-state index is 4.45. The Morgan fingerprint density at radius 3 is 2.59 bits per heavy atom. The number of anilines is 1. The van der Waals surface area contributed by atoms with E-state index in [1.165, 1.54) is 18.5 Å². The van der Waals surface area contributed by atoms with Gasteiger partial charge in [-0.05, 0) is 31.9 Å². The predicted molar refractivity (Wildman–Crippen MR) is 84.6 cm³/mol. The molecular weight excluding hydrogens is 276 g/mol. The van der Waals surface area contributed by atoms with Crippen LogP contribution in [0.25, 0.3) is 0 Å². The number of hydrogen-bond donors (Lipinski definition) is 0. The molecule has 6 nitrogen and oxygen atoms in total. The Balaban J connectivity index is 1.47. The monoisotopic (exact) mass is 298 g/mol. The fourth-order valence-electron chi connectivity index (χ4n) is 3.82. The van der Waals surface area contributed by atoms with E-state index in [0.29, 0.717) is 0 Å². The van der Waals surface area contributed by atoms with Crippen LogP contribution in [-0.4, -0.2) is 49.8 Å². The van der Waals surface area contributed by atoms with Crippen molar-refractivity contribution in [2.45, 2.75) is 31.8 Å². The Kier molecular flexibility index (Phi) is 3.14. The van der Waals surface area contributed by atoms with Crippen LogP contribution in [0.5, 0.6) is 0 Å². The van der Waals surface area contributed by atoms with E-state index in [1.54, 1.807) is 0 Å². The fraction of sp³-hybridized carbons (Fsp3) is 0.562. The van der Waals surface area contributed by atoms with Gasteiger partial charge in [0.15, 0.2) is 0 Å². The first-order chi connectivity index (χ1) is 10.7. The third kappa shape index (κ3) is 2.18. The maximum Gasteiger partial charge on any atom is 0.225 e. The first-order valence-corrected chi connectivity index (χ1v) is 7.93. The van der Waals surface area contributed by atoms with Crippen molar-refractivity contribution < 1.29 is 0 Å². The van der Waals surface area contributed by atoms with E-state index in [2.05, 4.69) is 37.9 Å². The molecule has 22 heavy (non-hydrogen) atoms. The topological polar surface area (TPSA) is 50.1 Å². The number of aromatic nitrogens is 4. The molecule has 2 aromatic heterocycles. The lowest BCUT2D eigenvalue weighted by molar-refractivity contribution is 0.240. The van der Waals surface area contributed by atoms with Gasteiger partial charge in [0, 0.05) is 45.6 Å². The molecule has 0 saturated carbocycles. The molecule has 0 aliphatic carbocycles. The summed E-state index contributed by atoms with van der Waals surface area (Å²) in [6, 6.07) is 4.06. The first kappa shape index (κ1) is 13.7. The van der Waals surface area contributed by atoms with Crippen LogP contribution in [0, 0.1) is 6.92 Å². The first-order valence-electron chi connectivity index (χ1n) is 7.93. The second-order valence-corrected chi connectivity index (χ2v) is 6.54. The molecule has 1 spiro atoms. The van der Waals surface area contributed by atoms with Crippen LogP contribution in [0.15, 0.2) is 24.5 Å². The van der Waals surface area contributed by atoms with E-state index < -0.39 is 0 Å². The van der Waals surface area contributed by atoms with Crippen molar-refractivity contribution in [2.24, 2.45) is 7.05 Å². The molecule has 4 rings (SSSR count). The summed E-state index contributed by atoms with van der Waals surface area (Å²) in [4.78, 5) is 13.8. The Labute approximate surface area is 130 Å². The Bertz CT molecular complexity index is 667. The lowest BCUT2D eigenvalue weighted by Gasteiger charge is -2.50. The molecule has 0 aromatic carbocycles. The van der Waals surface area contributed by atoms with Gasteiger partial charge in [-0.2, -0.15) is 5.10 Å². The summed E-state index contributed by atoms with van der Waals surface area (Å²) < 4.78 is 2.00. The van der Waals surface area contributed by atoms with Crippen molar-refractivity contribution in [3.05, 3.63) is 35.9 Å². The van der Waals surface area contributed by atoms with Crippen LogP contribution in [-0.2, 0) is 13.6 Å². The SMILES string of the molecule is Cc1cc(CN2CC[C@]3(CCN3c3ncccn3)C2)n(C)n1. The highest BCUT2D eigenvalue weighted by Crippen LogP contribution is 2.41. The molecule has 1 atom stereocenters. The van der Waals surface area contributed by atoms with Gasteiger partial charge in [-0.25, -0.2) is 9.97 Å². The van der Waals surface area contributed by atoms with Gasteiger partial charge in [-0.1, -0.05) is 0 Å². The summed E-state index contributed by atoms with van der Waals surface area (Å²) in [7, 11) is 2.03. The average molecular weight is 298 g/mol. The van der Waals surface area contributed by atoms with Crippen molar-refractivity contribution in [2.75, 3.05) is 24.5 Å². The molecule has 116 valence electrons. The molecule has 2 saturated heterocycles. The molecule has 0 amide bonds. The van der Waals surface area contributed by atoms with Gasteiger partial charge in [0.25, 0.3) is 0 Å². The lowest BCUT2D eigenvalue weighted by atomic mass is 9.84. The highest BCUT2D eigenvalue weighted by Gasteiger charge is 2.50. The summed E-state index contributed by atoms with van der Waals surface area (Å²) in [5.41, 5.74) is 2.63. The fourth-order valence-corrected chi connectivity index (χ4v) is 3.82. The summed E-state index contributed by atoms with van der Waals surface area (Å²) in [6.45, 7) is 6.32. The molecule has 0 N–H and O–H groups in total. The van der Waals surface area contributed by atoms with E-state index in [4.69, 9.17) is 0 Å². The molecule has 4 heterocycles. The number of rotatable bonds is 3. The summed E-state index contributed by atoms with van der Waals surface area (Å²) in [5, 5.41) is 4.45. The molecule has 2 fully saturated rings. The third-order valence-electron chi connectivity index (χ3n) is 5.06. The number of hydrogen-bond acceptors (Lipinski definition) is 5. The van der Waals surface area contributed by atoms with Gasteiger partial charge in [-0.3, -0.25) is 9.58 Å². The van der Waals surface area contributed by atoms with E-state index in [9.17, 15) is 0 Å². The molecule has 6 heteroatoms. The molecular formula is C16H22N6. The van der Waals surface area contributed by atoms with Crippen LogP contribution in [0.4, 0.5) is 5.95 Å². The Morgan fingerprint density at radius 1 is 1.18 bits per heavy atom. The maximum atomic E-state index is 4.45. The predicted octanol–water partition coefficient (Wildman–Crippen LogP) is 1.37. The highest BCUT2D eigenvalue weighted by atomic mass is 15.4. The smallest absolute Gasteiger partial charge is 0.225 e. The van der Waals surface area contributed by atoms with Gasteiger partial charge in [0.2, 0.25) is 5.95 Å². The average Bonchev–Trinajstić information content (AvgIpc) is 3.05. The largest absolute Gasteiger partial charge is 0.334 e. The van der Waals surface area contributed by atoms with Crippen LogP contribution in [0.3, 0.4) is 0 Å². The third-order valence-corrected chi connectivity index (χ3v) is 5.06. The number of nitrogens with zero attached hydrogens (tertiary/aromatic N) is 6. The quantitative estimate of drug-likeness (QED) is 0.856. The van der Waals surface area contributed by atoms with E-state index in [1.807, 2.05) is 30.2 Å². The normalized spacial score (nSPS) is 24.9. The van der Waals surface area contributed by atoms with Crippen molar-refractivity contribution in [3.63, 3.8) is 0 Å². The van der Waals surface area contributed by atoms with E-state index in [0.717, 1.165) is 37.8 Å². The molecule has 0 radical (unpaired) electrons. The molecule has 2 aromatic rings. The Hall–Kier alpha value is -1.95. The summed E-state index contributed by atoms with van der Waals surface area (Å²) in [6.07, 6.45) is 6.10.